The van der Waals surface area contributed by atoms with Gasteiger partial charge in [0.2, 0.25) is 5.91 Å². The van der Waals surface area contributed by atoms with Crippen LogP contribution in [0.1, 0.15) is 0 Å². The van der Waals surface area contributed by atoms with Crippen LogP contribution in [0, 0.1) is 10.1 Å². The summed E-state index contributed by atoms with van der Waals surface area (Å²) < 4.78 is 0. The zero-order chi connectivity index (χ0) is 19.2. The summed E-state index contributed by atoms with van der Waals surface area (Å²) >= 11 is 1.64. The number of piperazine rings is 1. The lowest BCUT2D eigenvalue weighted by molar-refractivity contribution is -0.384. The van der Waals surface area contributed by atoms with Crippen molar-refractivity contribution in [2.75, 3.05) is 49.2 Å². The summed E-state index contributed by atoms with van der Waals surface area (Å²) in [6, 6.07) is 14.4. The Morgan fingerprint density at radius 3 is 2.48 bits per heavy atom. The summed E-state index contributed by atoms with van der Waals surface area (Å²) in [6.45, 7) is 3.47. The Hall–Kier alpha value is -2.58. The number of nitro benzene ring substituents is 1. The number of hydrogen-bond acceptors (Lipinski definition) is 6. The molecular weight excluding hydrogens is 364 g/mol. The van der Waals surface area contributed by atoms with Crippen molar-refractivity contribution in [2.24, 2.45) is 0 Å². The zero-order valence-electron chi connectivity index (χ0n) is 15.1. The number of anilines is 2. The maximum absolute atomic E-state index is 12.3. The summed E-state index contributed by atoms with van der Waals surface area (Å²) in [7, 11) is 0. The van der Waals surface area contributed by atoms with E-state index in [0.717, 1.165) is 42.4 Å². The molecule has 0 unspecified atom stereocenters. The first-order valence-electron chi connectivity index (χ1n) is 8.71. The number of nitrogens with zero attached hydrogens (tertiary/aromatic N) is 3. The van der Waals surface area contributed by atoms with Gasteiger partial charge in [0.15, 0.2) is 0 Å². The summed E-state index contributed by atoms with van der Waals surface area (Å²) in [5, 5.41) is 13.7. The van der Waals surface area contributed by atoms with Gasteiger partial charge in [0.05, 0.1) is 11.5 Å². The molecule has 1 fully saturated rings. The Kier molecular flexibility index (Phi) is 6.31. The van der Waals surface area contributed by atoms with Crippen LogP contribution in [0.2, 0.25) is 0 Å². The van der Waals surface area contributed by atoms with Crippen LogP contribution in [0.4, 0.5) is 17.1 Å². The van der Waals surface area contributed by atoms with Gasteiger partial charge in [-0.25, -0.2) is 0 Å². The predicted octanol–water partition coefficient (Wildman–Crippen LogP) is 3.08. The summed E-state index contributed by atoms with van der Waals surface area (Å²) in [6.07, 6.45) is 2.01. The van der Waals surface area contributed by atoms with Gasteiger partial charge in [-0.05, 0) is 36.6 Å². The molecule has 1 aliphatic rings. The summed E-state index contributed by atoms with van der Waals surface area (Å²) in [5.41, 5.74) is 1.88. The van der Waals surface area contributed by atoms with Crippen molar-refractivity contribution in [3.63, 3.8) is 0 Å². The van der Waals surface area contributed by atoms with Crippen LogP contribution < -0.4 is 10.2 Å². The topological polar surface area (TPSA) is 78.7 Å². The van der Waals surface area contributed by atoms with E-state index in [9.17, 15) is 14.9 Å². The molecule has 1 N–H and O–H groups in total. The molecule has 142 valence electrons. The first kappa shape index (κ1) is 19.2. The molecule has 0 spiro atoms. The molecule has 0 aliphatic carbocycles. The highest BCUT2D eigenvalue weighted by molar-refractivity contribution is 7.98. The smallest absolute Gasteiger partial charge is 0.269 e. The fourth-order valence-electron chi connectivity index (χ4n) is 3.05. The number of nitrogens with one attached hydrogen (secondary N) is 1. The molecule has 1 heterocycles. The van der Waals surface area contributed by atoms with Crippen molar-refractivity contribution in [3.05, 3.63) is 58.6 Å². The van der Waals surface area contributed by atoms with Crippen molar-refractivity contribution in [2.45, 2.75) is 4.90 Å². The minimum atomic E-state index is -0.394. The first-order valence-corrected chi connectivity index (χ1v) is 9.93. The quantitative estimate of drug-likeness (QED) is 0.467. The Bertz CT molecular complexity index is 805. The normalized spacial score (nSPS) is 14.8. The number of carbonyl (C=O) groups is 1. The number of benzene rings is 2. The second-order valence-corrected chi connectivity index (χ2v) is 7.20. The highest BCUT2D eigenvalue weighted by Crippen LogP contribution is 2.21. The molecule has 2 aromatic carbocycles. The molecule has 8 heteroatoms. The van der Waals surface area contributed by atoms with Crippen molar-refractivity contribution in [1.29, 1.82) is 0 Å². The molecule has 0 aromatic heterocycles. The highest BCUT2D eigenvalue weighted by Gasteiger charge is 2.19. The van der Waals surface area contributed by atoms with E-state index in [1.165, 1.54) is 12.1 Å². The van der Waals surface area contributed by atoms with E-state index in [2.05, 4.69) is 15.1 Å². The van der Waals surface area contributed by atoms with E-state index in [0.29, 0.717) is 6.54 Å². The average molecular weight is 386 g/mol. The largest absolute Gasteiger partial charge is 0.369 e. The van der Waals surface area contributed by atoms with Gasteiger partial charge < -0.3 is 10.2 Å². The second kappa shape index (κ2) is 8.88. The third-order valence-corrected chi connectivity index (χ3v) is 5.24. The number of hydrogen-bond donors (Lipinski definition) is 1. The monoisotopic (exact) mass is 386 g/mol. The summed E-state index contributed by atoms with van der Waals surface area (Å²) in [4.78, 5) is 28.1. The number of amides is 1. The first-order chi connectivity index (χ1) is 13.0. The molecule has 0 radical (unpaired) electrons. The minimum absolute atomic E-state index is 0.0166. The van der Waals surface area contributed by atoms with Crippen LogP contribution in [0.3, 0.4) is 0 Å². The van der Waals surface area contributed by atoms with E-state index in [1.54, 1.807) is 23.9 Å². The fraction of sp³-hybridized carbons (Fsp3) is 0.316. The fourth-order valence-corrected chi connectivity index (χ4v) is 3.51. The second-order valence-electron chi connectivity index (χ2n) is 6.32. The SMILES string of the molecule is CSc1cccc(NC(=O)CN2CCN(c3ccc([N+](=O)[O-])cc3)CC2)c1. The standard InChI is InChI=1S/C19H22N4O3S/c1-27-18-4-2-3-15(13-18)20-19(24)14-21-9-11-22(12-10-21)16-5-7-17(8-6-16)23(25)26/h2-8,13H,9-12,14H2,1H3,(H,20,24). The van der Waals surface area contributed by atoms with Gasteiger partial charge in [0.1, 0.15) is 0 Å². The van der Waals surface area contributed by atoms with E-state index >= 15 is 0 Å². The van der Waals surface area contributed by atoms with Crippen LogP contribution in [-0.4, -0.2) is 54.7 Å². The molecule has 0 saturated carbocycles. The van der Waals surface area contributed by atoms with E-state index in [4.69, 9.17) is 0 Å². The average Bonchev–Trinajstić information content (AvgIpc) is 2.68. The van der Waals surface area contributed by atoms with Gasteiger partial charge in [-0.15, -0.1) is 11.8 Å². The Morgan fingerprint density at radius 1 is 1.15 bits per heavy atom. The van der Waals surface area contributed by atoms with Crippen LogP contribution in [0.25, 0.3) is 0 Å². The van der Waals surface area contributed by atoms with Gasteiger partial charge >= 0.3 is 0 Å². The van der Waals surface area contributed by atoms with Crippen molar-refractivity contribution in [1.82, 2.24) is 4.90 Å². The van der Waals surface area contributed by atoms with Gasteiger partial charge in [-0.2, -0.15) is 0 Å². The number of nitro groups is 1. The number of non-ortho nitro benzene ring substituents is 1. The molecule has 1 aliphatic heterocycles. The molecule has 1 amide bonds. The molecule has 0 atom stereocenters. The van der Waals surface area contributed by atoms with E-state index < -0.39 is 4.92 Å². The van der Waals surface area contributed by atoms with Crippen LogP contribution in [-0.2, 0) is 4.79 Å². The van der Waals surface area contributed by atoms with Crippen LogP contribution >= 0.6 is 11.8 Å². The van der Waals surface area contributed by atoms with Gasteiger partial charge in [-0.1, -0.05) is 6.07 Å². The molecule has 2 aromatic rings. The lowest BCUT2D eigenvalue weighted by atomic mass is 10.2. The third kappa shape index (κ3) is 5.21. The van der Waals surface area contributed by atoms with E-state index in [1.807, 2.05) is 30.5 Å². The molecule has 3 rings (SSSR count). The van der Waals surface area contributed by atoms with Crippen LogP contribution in [0.5, 0.6) is 0 Å². The zero-order valence-corrected chi connectivity index (χ0v) is 15.9. The van der Waals surface area contributed by atoms with Crippen molar-refractivity contribution in [3.8, 4) is 0 Å². The predicted molar refractivity (Wildman–Crippen MR) is 109 cm³/mol. The molecular formula is C19H22N4O3S. The lowest BCUT2D eigenvalue weighted by Gasteiger charge is -2.35. The molecule has 1 saturated heterocycles. The maximum atomic E-state index is 12.3. The van der Waals surface area contributed by atoms with Gasteiger partial charge in [0.25, 0.3) is 5.69 Å². The minimum Gasteiger partial charge on any atom is -0.369 e. The molecule has 27 heavy (non-hydrogen) atoms. The Balaban J connectivity index is 1.48. The molecule has 0 bridgehead atoms. The Labute approximate surface area is 162 Å². The van der Waals surface area contributed by atoms with Crippen molar-refractivity contribution < 1.29 is 9.72 Å². The summed E-state index contributed by atoms with van der Waals surface area (Å²) in [5.74, 6) is -0.0166. The van der Waals surface area contributed by atoms with Crippen LogP contribution in [0.15, 0.2) is 53.4 Å². The van der Waals surface area contributed by atoms with E-state index in [-0.39, 0.29) is 11.6 Å². The number of thioether (sulfide) groups is 1. The van der Waals surface area contributed by atoms with Gasteiger partial charge in [0, 0.05) is 54.6 Å². The van der Waals surface area contributed by atoms with Gasteiger partial charge in [-0.3, -0.25) is 19.8 Å². The Morgan fingerprint density at radius 2 is 1.85 bits per heavy atom. The number of rotatable bonds is 6. The van der Waals surface area contributed by atoms with Crippen molar-refractivity contribution >= 4 is 34.7 Å². The highest BCUT2D eigenvalue weighted by atomic mass is 32.2. The maximum Gasteiger partial charge on any atom is 0.269 e. The molecule has 7 nitrogen and oxygen atoms in total. The number of carbonyl (C=O) groups excluding carboxylic acids is 1. The third-order valence-electron chi connectivity index (χ3n) is 4.52. The lowest BCUT2D eigenvalue weighted by Crippen LogP contribution is -2.48.